The maximum Gasteiger partial charge on any atom is 0.258 e. The lowest BCUT2D eigenvalue weighted by Gasteiger charge is -2.26. The summed E-state index contributed by atoms with van der Waals surface area (Å²) in [6.07, 6.45) is 0. The minimum absolute atomic E-state index is 0.0607. The molecule has 2 aromatic rings. The molecule has 1 saturated heterocycles. The molecule has 1 N–H and O–H groups in total. The minimum Gasteiger partial charge on any atom is -0.497 e. The lowest BCUT2D eigenvalue weighted by atomic mass is 10.1. The molecule has 1 amide bonds. The molecule has 0 aromatic heterocycles. The molecule has 3 rings (SSSR count). The van der Waals surface area contributed by atoms with E-state index in [4.69, 9.17) is 9.47 Å². The smallest absolute Gasteiger partial charge is 0.258 e. The number of sulfonamides is 1. The summed E-state index contributed by atoms with van der Waals surface area (Å²) >= 11 is 0. The lowest BCUT2D eigenvalue weighted by Crippen LogP contribution is -2.40. The predicted octanol–water partition coefficient (Wildman–Crippen LogP) is 2.42. The van der Waals surface area contributed by atoms with Crippen molar-refractivity contribution in [2.45, 2.75) is 11.8 Å². The van der Waals surface area contributed by atoms with Crippen LogP contribution in [0.3, 0.4) is 0 Å². The maximum atomic E-state index is 14.1. The van der Waals surface area contributed by atoms with Gasteiger partial charge in [-0.15, -0.1) is 0 Å². The second-order valence-electron chi connectivity index (χ2n) is 6.29. The van der Waals surface area contributed by atoms with Crippen LogP contribution in [0.1, 0.15) is 15.9 Å². The Morgan fingerprint density at radius 1 is 1.18 bits per heavy atom. The van der Waals surface area contributed by atoms with Crippen molar-refractivity contribution in [3.63, 3.8) is 0 Å². The zero-order valence-corrected chi connectivity index (χ0v) is 16.4. The van der Waals surface area contributed by atoms with Crippen molar-refractivity contribution < 1.29 is 27.1 Å². The highest BCUT2D eigenvalue weighted by molar-refractivity contribution is 7.89. The number of halogens is 1. The minimum atomic E-state index is -3.71. The monoisotopic (exact) mass is 408 g/mol. The molecule has 7 nitrogen and oxygen atoms in total. The van der Waals surface area contributed by atoms with Gasteiger partial charge in [0.05, 0.1) is 30.8 Å². The molecule has 9 heteroatoms. The Bertz CT molecular complexity index is 988. The van der Waals surface area contributed by atoms with Gasteiger partial charge in [0.25, 0.3) is 5.91 Å². The number of nitrogens with one attached hydrogen (secondary N) is 1. The van der Waals surface area contributed by atoms with Crippen LogP contribution in [0, 0.1) is 12.7 Å². The Morgan fingerprint density at radius 2 is 1.89 bits per heavy atom. The average Bonchev–Trinajstić information content (AvgIpc) is 2.69. The Labute approximate surface area is 163 Å². The van der Waals surface area contributed by atoms with Crippen LogP contribution in [-0.2, 0) is 14.8 Å². The number of carbonyl (C=O) groups is 1. The fraction of sp³-hybridized carbons (Fsp3) is 0.316. The first-order valence-corrected chi connectivity index (χ1v) is 10.1. The first-order valence-electron chi connectivity index (χ1n) is 8.66. The van der Waals surface area contributed by atoms with Crippen LogP contribution < -0.4 is 10.1 Å². The Balaban J connectivity index is 1.86. The number of anilines is 1. The normalized spacial score (nSPS) is 15.2. The first kappa shape index (κ1) is 20.2. The van der Waals surface area contributed by atoms with E-state index in [1.54, 1.807) is 13.0 Å². The summed E-state index contributed by atoms with van der Waals surface area (Å²) < 4.78 is 51.2. The van der Waals surface area contributed by atoms with E-state index in [1.807, 2.05) is 0 Å². The molecule has 0 unspecified atom stereocenters. The standard InChI is InChI=1S/C19H21FN2O5S/c1-13-3-5-15(28(24,25)22-7-9-27-10-8-22)12-18(13)21-19(23)16-6-4-14(26-2)11-17(16)20/h3-6,11-12H,7-10H2,1-2H3,(H,21,23). The van der Waals surface area contributed by atoms with Gasteiger partial charge < -0.3 is 14.8 Å². The van der Waals surface area contributed by atoms with E-state index in [0.717, 1.165) is 6.07 Å². The van der Waals surface area contributed by atoms with Crippen LogP contribution in [0.15, 0.2) is 41.3 Å². The van der Waals surface area contributed by atoms with Crippen molar-refractivity contribution >= 4 is 21.6 Å². The molecule has 1 fully saturated rings. The van der Waals surface area contributed by atoms with E-state index < -0.39 is 21.7 Å². The molecule has 1 heterocycles. The second kappa shape index (κ2) is 8.26. The van der Waals surface area contributed by atoms with Crippen molar-refractivity contribution in [3.05, 3.63) is 53.3 Å². The number of methoxy groups -OCH3 is 1. The van der Waals surface area contributed by atoms with Gasteiger partial charge in [-0.25, -0.2) is 12.8 Å². The third kappa shape index (κ3) is 4.16. The highest BCUT2D eigenvalue weighted by atomic mass is 32.2. The summed E-state index contributed by atoms with van der Waals surface area (Å²) in [5, 5.41) is 2.59. The summed E-state index contributed by atoms with van der Waals surface area (Å²) in [6.45, 7) is 2.95. The van der Waals surface area contributed by atoms with Gasteiger partial charge in [0.1, 0.15) is 11.6 Å². The molecule has 1 aliphatic rings. The molecule has 28 heavy (non-hydrogen) atoms. The van der Waals surface area contributed by atoms with Gasteiger partial charge in [0, 0.05) is 24.8 Å². The number of amides is 1. The molecule has 0 radical (unpaired) electrons. The summed E-state index contributed by atoms with van der Waals surface area (Å²) in [4.78, 5) is 12.5. The van der Waals surface area contributed by atoms with E-state index in [1.165, 1.54) is 35.7 Å². The maximum absolute atomic E-state index is 14.1. The van der Waals surface area contributed by atoms with E-state index in [0.29, 0.717) is 30.2 Å². The van der Waals surface area contributed by atoms with E-state index in [2.05, 4.69) is 5.32 Å². The average molecular weight is 408 g/mol. The van der Waals surface area contributed by atoms with Crippen molar-refractivity contribution in [3.8, 4) is 5.75 Å². The van der Waals surface area contributed by atoms with Gasteiger partial charge in [0.2, 0.25) is 10.0 Å². The van der Waals surface area contributed by atoms with E-state index in [9.17, 15) is 17.6 Å². The van der Waals surface area contributed by atoms with Gasteiger partial charge in [-0.2, -0.15) is 4.31 Å². The molecule has 0 spiro atoms. The van der Waals surface area contributed by atoms with Crippen LogP contribution >= 0.6 is 0 Å². The number of aryl methyl sites for hydroxylation is 1. The third-order valence-electron chi connectivity index (χ3n) is 4.49. The summed E-state index contributed by atoms with van der Waals surface area (Å²) in [5.41, 5.74) is 0.791. The van der Waals surface area contributed by atoms with Gasteiger partial charge in [-0.3, -0.25) is 4.79 Å². The fourth-order valence-electron chi connectivity index (χ4n) is 2.83. The topological polar surface area (TPSA) is 84.9 Å². The van der Waals surface area contributed by atoms with Crippen LogP contribution in [0.2, 0.25) is 0 Å². The molecule has 0 saturated carbocycles. The van der Waals surface area contributed by atoms with Gasteiger partial charge in [-0.1, -0.05) is 6.07 Å². The molecule has 1 aliphatic heterocycles. The summed E-state index contributed by atoms with van der Waals surface area (Å²) in [7, 11) is -2.31. The molecule has 2 aromatic carbocycles. The fourth-order valence-corrected chi connectivity index (χ4v) is 4.26. The number of nitrogens with zero attached hydrogens (tertiary/aromatic N) is 1. The number of morpholine rings is 1. The number of hydrogen-bond acceptors (Lipinski definition) is 5. The summed E-state index contributed by atoms with van der Waals surface area (Å²) in [5.74, 6) is -1.11. The van der Waals surface area contributed by atoms with E-state index >= 15 is 0 Å². The number of ether oxygens (including phenoxy) is 2. The molecule has 0 atom stereocenters. The number of rotatable bonds is 5. The van der Waals surface area contributed by atoms with Crippen LogP contribution in [0.25, 0.3) is 0 Å². The lowest BCUT2D eigenvalue weighted by molar-refractivity contribution is 0.0730. The van der Waals surface area contributed by atoms with Crippen molar-refractivity contribution in [2.75, 3.05) is 38.7 Å². The quantitative estimate of drug-likeness (QED) is 0.821. The van der Waals surface area contributed by atoms with E-state index in [-0.39, 0.29) is 23.5 Å². The number of carbonyl (C=O) groups excluding carboxylic acids is 1. The van der Waals surface area contributed by atoms with Crippen LogP contribution in [-0.4, -0.2) is 52.0 Å². The first-order chi connectivity index (χ1) is 13.3. The largest absolute Gasteiger partial charge is 0.497 e. The van der Waals surface area contributed by atoms with Crippen LogP contribution in [0.5, 0.6) is 5.75 Å². The van der Waals surface area contributed by atoms with Gasteiger partial charge in [-0.05, 0) is 36.8 Å². The summed E-state index contributed by atoms with van der Waals surface area (Å²) in [6, 6.07) is 8.38. The number of benzene rings is 2. The van der Waals surface area contributed by atoms with Gasteiger partial charge in [0.15, 0.2) is 0 Å². The molecule has 0 aliphatic carbocycles. The molecular formula is C19H21FN2O5S. The van der Waals surface area contributed by atoms with Gasteiger partial charge >= 0.3 is 0 Å². The van der Waals surface area contributed by atoms with Crippen molar-refractivity contribution in [1.29, 1.82) is 0 Å². The Kier molecular flexibility index (Phi) is 5.97. The number of hydrogen-bond donors (Lipinski definition) is 1. The zero-order chi connectivity index (χ0) is 20.3. The SMILES string of the molecule is COc1ccc(C(=O)Nc2cc(S(=O)(=O)N3CCOCC3)ccc2C)c(F)c1. The molecule has 150 valence electrons. The van der Waals surface area contributed by atoms with Crippen LogP contribution in [0.4, 0.5) is 10.1 Å². The Morgan fingerprint density at radius 3 is 2.54 bits per heavy atom. The highest BCUT2D eigenvalue weighted by Gasteiger charge is 2.27. The third-order valence-corrected chi connectivity index (χ3v) is 6.38. The highest BCUT2D eigenvalue weighted by Crippen LogP contribution is 2.25. The second-order valence-corrected chi connectivity index (χ2v) is 8.23. The molecule has 0 bridgehead atoms. The predicted molar refractivity (Wildman–Crippen MR) is 102 cm³/mol. The Hall–Kier alpha value is -2.49. The molecular weight excluding hydrogens is 387 g/mol. The van der Waals surface area contributed by atoms with Crippen molar-refractivity contribution in [2.24, 2.45) is 0 Å². The zero-order valence-electron chi connectivity index (χ0n) is 15.6. The van der Waals surface area contributed by atoms with Crippen molar-refractivity contribution in [1.82, 2.24) is 4.31 Å².